The number of thioether (sulfide) groups is 1. The smallest absolute Gasteiger partial charge is 0.228 e. The van der Waals surface area contributed by atoms with Gasteiger partial charge < -0.3 is 10.2 Å². The SMILES string of the molecule is CSc1ccc(NC(=O)C2CC23CCN(C(=O)CCc2nc4ccccc4s2)CC3)cc1. The topological polar surface area (TPSA) is 62.3 Å². The molecular weight excluding hydrogens is 438 g/mol. The minimum atomic E-state index is 0.0720. The van der Waals surface area contributed by atoms with Gasteiger partial charge in [0.1, 0.15) is 0 Å². The summed E-state index contributed by atoms with van der Waals surface area (Å²) < 4.78 is 1.17. The lowest BCUT2D eigenvalue weighted by atomic mass is 9.90. The Labute approximate surface area is 196 Å². The van der Waals surface area contributed by atoms with Gasteiger partial charge >= 0.3 is 0 Å². The molecule has 1 aliphatic carbocycles. The fourth-order valence-corrected chi connectivity index (χ4v) is 6.15. The van der Waals surface area contributed by atoms with E-state index in [1.54, 1.807) is 23.1 Å². The Hall–Kier alpha value is -2.38. The molecule has 0 radical (unpaired) electrons. The molecular formula is C25H27N3O2S2. The largest absolute Gasteiger partial charge is 0.343 e. The zero-order valence-corrected chi connectivity index (χ0v) is 19.8. The van der Waals surface area contributed by atoms with Crippen LogP contribution in [0.3, 0.4) is 0 Å². The summed E-state index contributed by atoms with van der Waals surface area (Å²) in [6, 6.07) is 16.1. The summed E-state index contributed by atoms with van der Waals surface area (Å²) >= 11 is 3.36. The fraction of sp³-hybridized carbons (Fsp3) is 0.400. The van der Waals surface area contributed by atoms with E-state index >= 15 is 0 Å². The van der Waals surface area contributed by atoms with Crippen LogP contribution in [0.2, 0.25) is 0 Å². The number of anilines is 1. The maximum absolute atomic E-state index is 12.7. The fourth-order valence-electron chi connectivity index (χ4n) is 4.77. The highest BCUT2D eigenvalue weighted by Gasteiger charge is 2.58. The number of carbonyl (C=O) groups is 2. The molecule has 1 unspecified atom stereocenters. The van der Waals surface area contributed by atoms with E-state index in [2.05, 4.69) is 16.4 Å². The maximum Gasteiger partial charge on any atom is 0.228 e. The molecule has 1 aromatic heterocycles. The lowest BCUT2D eigenvalue weighted by Gasteiger charge is -2.33. The number of likely N-dealkylation sites (tertiary alicyclic amines) is 1. The zero-order valence-electron chi connectivity index (χ0n) is 18.2. The van der Waals surface area contributed by atoms with Crippen molar-refractivity contribution in [2.45, 2.75) is 37.0 Å². The Morgan fingerprint density at radius 1 is 1.16 bits per heavy atom. The molecule has 1 saturated carbocycles. The number of rotatable bonds is 6. The first-order valence-corrected chi connectivity index (χ1v) is 13.2. The van der Waals surface area contributed by atoms with Crippen LogP contribution in [0.5, 0.6) is 0 Å². The predicted octanol–water partition coefficient (Wildman–Crippen LogP) is 5.22. The molecule has 2 aromatic carbocycles. The summed E-state index contributed by atoms with van der Waals surface area (Å²) in [6.07, 6.45) is 6.02. The molecule has 1 spiro atoms. The van der Waals surface area contributed by atoms with E-state index in [1.807, 2.05) is 53.6 Å². The van der Waals surface area contributed by atoms with Gasteiger partial charge in [-0.05, 0) is 67.3 Å². The molecule has 5 rings (SSSR count). The summed E-state index contributed by atoms with van der Waals surface area (Å²) in [7, 11) is 0. The van der Waals surface area contributed by atoms with Crippen LogP contribution in [0.4, 0.5) is 5.69 Å². The summed E-state index contributed by atoms with van der Waals surface area (Å²) in [5, 5.41) is 4.10. The molecule has 32 heavy (non-hydrogen) atoms. The van der Waals surface area contributed by atoms with Crippen LogP contribution in [-0.4, -0.2) is 41.0 Å². The van der Waals surface area contributed by atoms with Crippen molar-refractivity contribution >= 4 is 50.8 Å². The van der Waals surface area contributed by atoms with Crippen molar-refractivity contribution in [2.24, 2.45) is 11.3 Å². The monoisotopic (exact) mass is 465 g/mol. The lowest BCUT2D eigenvalue weighted by molar-refractivity contribution is -0.132. The first-order chi connectivity index (χ1) is 15.6. The van der Waals surface area contributed by atoms with Crippen molar-refractivity contribution in [2.75, 3.05) is 24.7 Å². The number of hydrogen-bond donors (Lipinski definition) is 1. The highest BCUT2D eigenvalue weighted by atomic mass is 32.2. The number of benzene rings is 2. The summed E-state index contributed by atoms with van der Waals surface area (Å²) in [5.74, 6) is 0.398. The Morgan fingerprint density at radius 3 is 2.62 bits per heavy atom. The van der Waals surface area contributed by atoms with Crippen LogP contribution in [0.15, 0.2) is 53.4 Å². The van der Waals surface area contributed by atoms with Crippen LogP contribution in [-0.2, 0) is 16.0 Å². The lowest BCUT2D eigenvalue weighted by Crippen LogP contribution is -2.40. The van der Waals surface area contributed by atoms with Gasteiger partial charge in [0, 0.05) is 42.4 Å². The Balaban J connectivity index is 1.10. The number of nitrogens with one attached hydrogen (secondary N) is 1. The molecule has 2 fully saturated rings. The minimum absolute atomic E-state index is 0.0720. The molecule has 1 N–H and O–H groups in total. The second-order valence-electron chi connectivity index (χ2n) is 8.79. The Kier molecular flexibility index (Phi) is 5.95. The molecule has 0 bridgehead atoms. The first kappa shape index (κ1) is 21.5. The average molecular weight is 466 g/mol. The maximum atomic E-state index is 12.7. The van der Waals surface area contributed by atoms with Crippen LogP contribution in [0, 0.1) is 11.3 Å². The summed E-state index contributed by atoms with van der Waals surface area (Å²) in [6.45, 7) is 1.51. The number of amides is 2. The number of carbonyl (C=O) groups excluding carboxylic acids is 2. The molecule has 3 aromatic rings. The third-order valence-corrected chi connectivity index (χ3v) is 8.71. The minimum Gasteiger partial charge on any atom is -0.343 e. The third-order valence-electron chi connectivity index (χ3n) is 6.87. The Morgan fingerprint density at radius 2 is 1.91 bits per heavy atom. The number of thiazole rings is 1. The van der Waals surface area contributed by atoms with E-state index in [1.165, 1.54) is 9.60 Å². The highest BCUT2D eigenvalue weighted by molar-refractivity contribution is 7.98. The number of piperidine rings is 1. The standard InChI is InChI=1S/C25H27N3O2S2/c1-31-18-8-6-17(7-9-18)26-24(30)19-16-25(19)12-14-28(15-13-25)23(29)11-10-22-27-20-4-2-3-5-21(20)32-22/h2-9,19H,10-16H2,1H3,(H,26,30). The molecule has 1 saturated heterocycles. The van der Waals surface area contributed by atoms with Crippen LogP contribution in [0.1, 0.15) is 30.7 Å². The van der Waals surface area contributed by atoms with E-state index in [0.717, 1.165) is 48.6 Å². The van der Waals surface area contributed by atoms with Crippen LogP contribution >= 0.6 is 23.1 Å². The first-order valence-electron chi connectivity index (χ1n) is 11.1. The van der Waals surface area contributed by atoms with Crippen molar-refractivity contribution in [1.29, 1.82) is 0 Å². The molecule has 1 atom stereocenters. The Bertz CT molecular complexity index is 1100. The van der Waals surface area contributed by atoms with Gasteiger partial charge in [0.15, 0.2) is 0 Å². The van der Waals surface area contributed by atoms with E-state index in [-0.39, 0.29) is 23.1 Å². The second-order valence-corrected chi connectivity index (χ2v) is 10.8. The normalized spacial score (nSPS) is 19.3. The second kappa shape index (κ2) is 8.87. The van der Waals surface area contributed by atoms with Gasteiger partial charge in [-0.25, -0.2) is 4.98 Å². The molecule has 2 aliphatic rings. The summed E-state index contributed by atoms with van der Waals surface area (Å²) in [5.41, 5.74) is 1.96. The van der Waals surface area contributed by atoms with Crippen LogP contribution in [0.25, 0.3) is 10.2 Å². The molecule has 166 valence electrons. The van der Waals surface area contributed by atoms with Crippen molar-refractivity contribution in [3.05, 3.63) is 53.5 Å². The number of para-hydroxylation sites is 1. The van der Waals surface area contributed by atoms with Gasteiger partial charge in [0.2, 0.25) is 11.8 Å². The number of aromatic nitrogens is 1. The predicted molar refractivity (Wildman–Crippen MR) is 131 cm³/mol. The number of hydrogen-bond acceptors (Lipinski definition) is 5. The summed E-state index contributed by atoms with van der Waals surface area (Å²) in [4.78, 5) is 33.3. The van der Waals surface area contributed by atoms with E-state index in [4.69, 9.17) is 0 Å². The zero-order chi connectivity index (χ0) is 22.1. The van der Waals surface area contributed by atoms with Gasteiger partial charge in [-0.2, -0.15) is 0 Å². The number of nitrogens with zero attached hydrogens (tertiary/aromatic N) is 2. The highest BCUT2D eigenvalue weighted by Crippen LogP contribution is 2.59. The van der Waals surface area contributed by atoms with Crippen LogP contribution < -0.4 is 5.32 Å². The van der Waals surface area contributed by atoms with Gasteiger partial charge in [-0.3, -0.25) is 9.59 Å². The molecule has 2 heterocycles. The molecule has 1 aliphatic heterocycles. The van der Waals surface area contributed by atoms with Gasteiger partial charge in [-0.1, -0.05) is 12.1 Å². The van der Waals surface area contributed by atoms with Crippen molar-refractivity contribution in [1.82, 2.24) is 9.88 Å². The number of fused-ring (bicyclic) bond motifs is 1. The number of aryl methyl sites for hydroxylation is 1. The van der Waals surface area contributed by atoms with Crippen molar-refractivity contribution < 1.29 is 9.59 Å². The van der Waals surface area contributed by atoms with E-state index in [9.17, 15) is 9.59 Å². The average Bonchev–Trinajstić information content (AvgIpc) is 3.35. The van der Waals surface area contributed by atoms with Crippen molar-refractivity contribution in [3.63, 3.8) is 0 Å². The molecule has 5 nitrogen and oxygen atoms in total. The quantitative estimate of drug-likeness (QED) is 0.507. The van der Waals surface area contributed by atoms with Gasteiger partial charge in [0.05, 0.1) is 15.2 Å². The molecule has 7 heteroatoms. The molecule has 2 amide bonds. The van der Waals surface area contributed by atoms with Gasteiger partial charge in [-0.15, -0.1) is 23.1 Å². The van der Waals surface area contributed by atoms with Gasteiger partial charge in [0.25, 0.3) is 0 Å². The van der Waals surface area contributed by atoms with E-state index < -0.39 is 0 Å². The van der Waals surface area contributed by atoms with Crippen molar-refractivity contribution in [3.8, 4) is 0 Å². The van der Waals surface area contributed by atoms with E-state index in [0.29, 0.717) is 12.8 Å². The third kappa shape index (κ3) is 4.41.